The van der Waals surface area contributed by atoms with E-state index in [1.165, 1.54) is 10.5 Å². The Labute approximate surface area is 190 Å². The number of sulfonamides is 1. The van der Waals surface area contributed by atoms with E-state index < -0.39 is 10.0 Å². The fourth-order valence-electron chi connectivity index (χ4n) is 4.26. The van der Waals surface area contributed by atoms with E-state index >= 15 is 0 Å². The maximum atomic E-state index is 13.2. The minimum atomic E-state index is -3.74. The average Bonchev–Trinajstić information content (AvgIpc) is 3.28. The van der Waals surface area contributed by atoms with Crippen LogP contribution in [0.4, 0.5) is 5.69 Å². The van der Waals surface area contributed by atoms with Crippen LogP contribution in [0.3, 0.4) is 0 Å². The van der Waals surface area contributed by atoms with Crippen molar-refractivity contribution in [2.75, 3.05) is 24.6 Å². The molecule has 0 bridgehead atoms. The number of imidazole rings is 2. The van der Waals surface area contributed by atoms with Gasteiger partial charge in [0.2, 0.25) is 0 Å². The van der Waals surface area contributed by atoms with Gasteiger partial charge >= 0.3 is 0 Å². The third-order valence-electron chi connectivity index (χ3n) is 6.35. The summed E-state index contributed by atoms with van der Waals surface area (Å²) in [7, 11) is -0.459. The molecule has 8 nitrogen and oxygen atoms in total. The molecular weight excluding hydrogens is 426 g/mol. The molecule has 174 valence electrons. The van der Waals surface area contributed by atoms with Crippen LogP contribution in [0.25, 0.3) is 11.0 Å². The molecule has 0 N–H and O–H groups in total. The molecule has 0 aliphatic carbocycles. The summed E-state index contributed by atoms with van der Waals surface area (Å²) in [5.74, 6) is 2.22. The highest BCUT2D eigenvalue weighted by atomic mass is 32.2. The first-order valence-corrected chi connectivity index (χ1v) is 12.5. The van der Waals surface area contributed by atoms with Gasteiger partial charge in [0.05, 0.1) is 22.9 Å². The quantitative estimate of drug-likeness (QED) is 0.582. The first-order valence-electron chi connectivity index (χ1n) is 11.1. The van der Waals surface area contributed by atoms with Crippen molar-refractivity contribution >= 4 is 26.7 Å². The molecule has 2 aromatic heterocycles. The number of nitrogens with zero attached hydrogens (tertiary/aromatic N) is 5. The SMILES string of the molecule is Cc1ncc(S(=O)(=O)N(C)c2ccc3c(c2)nc(C(C)(C)C)n3CC2CCOCC2)n1C. The van der Waals surface area contributed by atoms with Gasteiger partial charge < -0.3 is 13.9 Å². The van der Waals surface area contributed by atoms with E-state index in [2.05, 4.69) is 30.3 Å². The molecule has 0 saturated carbocycles. The predicted octanol–water partition coefficient (Wildman–Crippen LogP) is 3.63. The Balaban J connectivity index is 1.75. The van der Waals surface area contributed by atoms with E-state index in [0.29, 0.717) is 17.4 Å². The smallest absolute Gasteiger partial charge is 0.281 e. The average molecular weight is 460 g/mol. The van der Waals surface area contributed by atoms with Gasteiger partial charge in [-0.1, -0.05) is 20.8 Å². The summed E-state index contributed by atoms with van der Waals surface area (Å²) >= 11 is 0. The summed E-state index contributed by atoms with van der Waals surface area (Å²) < 4.78 is 37.2. The first kappa shape index (κ1) is 22.8. The third-order valence-corrected chi connectivity index (χ3v) is 8.19. The summed E-state index contributed by atoms with van der Waals surface area (Å²) in [4.78, 5) is 9.10. The van der Waals surface area contributed by atoms with Gasteiger partial charge in [-0.3, -0.25) is 4.31 Å². The molecular formula is C23H33N5O3S. The Morgan fingerprint density at radius 1 is 1.22 bits per heavy atom. The molecule has 1 aliphatic heterocycles. The fourth-order valence-corrected chi connectivity index (χ4v) is 5.59. The number of hydrogen-bond donors (Lipinski definition) is 0. The van der Waals surface area contributed by atoms with Crippen molar-refractivity contribution in [3.8, 4) is 0 Å². The number of benzene rings is 1. The molecule has 32 heavy (non-hydrogen) atoms. The number of aryl methyl sites for hydroxylation is 1. The van der Waals surface area contributed by atoms with Gasteiger partial charge in [0.15, 0.2) is 5.03 Å². The van der Waals surface area contributed by atoms with Crippen LogP contribution < -0.4 is 4.31 Å². The standard InChI is InChI=1S/C23H33N5O3S/c1-16-24-14-21(26(16)5)32(29,30)27(6)18-7-8-20-19(13-18)25-22(23(2,3)4)28(20)15-17-9-11-31-12-10-17/h7-8,13-14,17H,9-12,15H2,1-6H3. The molecule has 1 aromatic carbocycles. The van der Waals surface area contributed by atoms with E-state index in [0.717, 1.165) is 49.5 Å². The predicted molar refractivity (Wildman–Crippen MR) is 126 cm³/mol. The van der Waals surface area contributed by atoms with Crippen LogP contribution in [0, 0.1) is 12.8 Å². The summed E-state index contributed by atoms with van der Waals surface area (Å²) in [5, 5.41) is 0.165. The topological polar surface area (TPSA) is 82.2 Å². The van der Waals surface area contributed by atoms with Crippen molar-refractivity contribution < 1.29 is 13.2 Å². The van der Waals surface area contributed by atoms with Crippen molar-refractivity contribution in [1.29, 1.82) is 0 Å². The van der Waals surface area contributed by atoms with Crippen LogP contribution >= 0.6 is 0 Å². The maximum Gasteiger partial charge on any atom is 0.281 e. The van der Waals surface area contributed by atoms with E-state index in [4.69, 9.17) is 9.72 Å². The molecule has 3 heterocycles. The van der Waals surface area contributed by atoms with Crippen LogP contribution in [0.1, 0.15) is 45.3 Å². The van der Waals surface area contributed by atoms with Crippen LogP contribution in [-0.4, -0.2) is 47.8 Å². The third kappa shape index (κ3) is 4.03. The minimum Gasteiger partial charge on any atom is -0.381 e. The highest BCUT2D eigenvalue weighted by molar-refractivity contribution is 7.92. The highest BCUT2D eigenvalue weighted by Crippen LogP contribution is 2.32. The monoisotopic (exact) mass is 459 g/mol. The number of rotatable bonds is 5. The summed E-state index contributed by atoms with van der Waals surface area (Å²) in [6, 6.07) is 5.72. The lowest BCUT2D eigenvalue weighted by Gasteiger charge is -2.26. The van der Waals surface area contributed by atoms with Crippen molar-refractivity contribution in [3.63, 3.8) is 0 Å². The van der Waals surface area contributed by atoms with Gasteiger partial charge in [-0.15, -0.1) is 0 Å². The van der Waals surface area contributed by atoms with Crippen LogP contribution in [0.15, 0.2) is 29.4 Å². The zero-order valence-electron chi connectivity index (χ0n) is 19.8. The number of anilines is 1. The second kappa shape index (κ2) is 8.19. The van der Waals surface area contributed by atoms with Crippen molar-refractivity contribution in [2.45, 2.75) is 57.5 Å². The van der Waals surface area contributed by atoms with E-state index in [1.54, 1.807) is 25.6 Å². The van der Waals surface area contributed by atoms with E-state index in [1.807, 2.05) is 18.2 Å². The zero-order chi connectivity index (χ0) is 23.3. The van der Waals surface area contributed by atoms with Gasteiger partial charge in [-0.25, -0.2) is 9.97 Å². The van der Waals surface area contributed by atoms with Gasteiger partial charge in [0.25, 0.3) is 10.0 Å². The number of ether oxygens (including phenoxy) is 1. The number of fused-ring (bicyclic) bond motifs is 1. The Morgan fingerprint density at radius 2 is 1.91 bits per heavy atom. The lowest BCUT2D eigenvalue weighted by Crippen LogP contribution is -2.28. The zero-order valence-corrected chi connectivity index (χ0v) is 20.6. The molecule has 0 unspecified atom stereocenters. The van der Waals surface area contributed by atoms with E-state index in [9.17, 15) is 8.42 Å². The first-order chi connectivity index (χ1) is 15.0. The molecule has 1 aliphatic rings. The van der Waals surface area contributed by atoms with Crippen molar-refractivity contribution in [2.24, 2.45) is 13.0 Å². The molecule has 1 fully saturated rings. The summed E-state index contributed by atoms with van der Waals surface area (Å²) in [6.45, 7) is 10.8. The molecule has 4 rings (SSSR count). The van der Waals surface area contributed by atoms with Gasteiger partial charge in [0, 0.05) is 39.3 Å². The number of aromatic nitrogens is 4. The second-order valence-electron chi connectivity index (χ2n) is 9.70. The molecule has 0 radical (unpaired) electrons. The maximum absolute atomic E-state index is 13.2. The van der Waals surface area contributed by atoms with Gasteiger partial charge in [0.1, 0.15) is 11.6 Å². The molecule has 9 heteroatoms. The molecule has 0 amide bonds. The van der Waals surface area contributed by atoms with Crippen molar-refractivity contribution in [1.82, 2.24) is 19.1 Å². The molecule has 0 atom stereocenters. The van der Waals surface area contributed by atoms with Crippen molar-refractivity contribution in [3.05, 3.63) is 36.0 Å². The van der Waals surface area contributed by atoms with Gasteiger partial charge in [-0.2, -0.15) is 8.42 Å². The Bertz CT molecular complexity index is 1230. The second-order valence-corrected chi connectivity index (χ2v) is 11.6. The Hall–Kier alpha value is -2.39. The largest absolute Gasteiger partial charge is 0.381 e. The molecule has 1 saturated heterocycles. The van der Waals surface area contributed by atoms with Crippen LogP contribution in [-0.2, 0) is 33.8 Å². The normalized spacial score (nSPS) is 16.1. The lowest BCUT2D eigenvalue weighted by molar-refractivity contribution is 0.0611. The van der Waals surface area contributed by atoms with Crippen LogP contribution in [0.2, 0.25) is 0 Å². The highest BCUT2D eigenvalue weighted by Gasteiger charge is 2.28. The van der Waals surface area contributed by atoms with Gasteiger partial charge in [-0.05, 0) is 43.9 Å². The fraction of sp³-hybridized carbons (Fsp3) is 0.565. The summed E-state index contributed by atoms with van der Waals surface area (Å²) in [6.07, 6.45) is 3.50. The molecule has 0 spiro atoms. The Kier molecular flexibility index (Phi) is 5.83. The number of hydrogen-bond acceptors (Lipinski definition) is 5. The Morgan fingerprint density at radius 3 is 2.50 bits per heavy atom. The lowest BCUT2D eigenvalue weighted by atomic mass is 9.94. The molecule has 3 aromatic rings. The summed E-state index contributed by atoms with van der Waals surface area (Å²) in [5.41, 5.74) is 2.29. The van der Waals surface area contributed by atoms with E-state index in [-0.39, 0.29) is 10.4 Å². The van der Waals surface area contributed by atoms with Crippen LogP contribution in [0.5, 0.6) is 0 Å². The minimum absolute atomic E-state index is 0.130.